The Balaban J connectivity index is 0. The van der Waals surface area contributed by atoms with Gasteiger partial charge in [0, 0.05) is 0 Å². The number of unbranched alkanes of at least 4 members (excludes halogenated alkanes) is 1. The summed E-state index contributed by atoms with van der Waals surface area (Å²) in [4.78, 5) is 0. The summed E-state index contributed by atoms with van der Waals surface area (Å²) in [5.41, 5.74) is 4.50. The van der Waals surface area contributed by atoms with E-state index in [0.29, 0.717) is 0 Å². The summed E-state index contributed by atoms with van der Waals surface area (Å²) in [5.74, 6) is 0.961. The maximum Gasteiger partial charge on any atom is -0.00493 e. The molecular formula is C11H28N2. The van der Waals surface area contributed by atoms with Gasteiger partial charge in [0.25, 0.3) is 0 Å². The molecule has 0 heterocycles. The Bertz CT molecular complexity index is 66.5. The molecule has 2 heteroatoms. The van der Waals surface area contributed by atoms with E-state index >= 15 is 0 Å². The zero-order chi connectivity index (χ0) is 10.5. The number of hydrogen-bond donors (Lipinski definition) is 2. The Hall–Kier alpha value is -0.0800. The summed E-state index contributed by atoms with van der Waals surface area (Å²) in [6.45, 7) is 5.75. The lowest BCUT2D eigenvalue weighted by molar-refractivity contribution is 0.416. The van der Waals surface area contributed by atoms with Crippen LogP contribution in [0.2, 0.25) is 0 Å². The Morgan fingerprint density at radius 1 is 1.15 bits per heavy atom. The molecule has 0 aliphatic heterocycles. The van der Waals surface area contributed by atoms with Gasteiger partial charge >= 0.3 is 0 Å². The standard InChI is InChI=1S/C10H23N.CH5N/c1-4-6-7-10(5-2)8-9-11-3;1-2/h10-11H,4-9H2,1-3H3;2H2,1H3. The van der Waals surface area contributed by atoms with Gasteiger partial charge in [-0.2, -0.15) is 0 Å². The van der Waals surface area contributed by atoms with Crippen LogP contribution in [0.15, 0.2) is 0 Å². The second-order valence-electron chi connectivity index (χ2n) is 3.31. The van der Waals surface area contributed by atoms with Crippen LogP contribution in [-0.2, 0) is 0 Å². The summed E-state index contributed by atoms with van der Waals surface area (Å²) < 4.78 is 0. The Morgan fingerprint density at radius 3 is 2.15 bits per heavy atom. The zero-order valence-electron chi connectivity index (χ0n) is 9.90. The fourth-order valence-electron chi connectivity index (χ4n) is 1.39. The van der Waals surface area contributed by atoms with Crippen LogP contribution in [-0.4, -0.2) is 20.6 Å². The van der Waals surface area contributed by atoms with Crippen molar-refractivity contribution < 1.29 is 0 Å². The van der Waals surface area contributed by atoms with E-state index in [-0.39, 0.29) is 0 Å². The monoisotopic (exact) mass is 188 g/mol. The van der Waals surface area contributed by atoms with E-state index in [1.54, 1.807) is 0 Å². The van der Waals surface area contributed by atoms with Crippen molar-refractivity contribution in [2.24, 2.45) is 11.7 Å². The van der Waals surface area contributed by atoms with Crippen LogP contribution in [0.3, 0.4) is 0 Å². The molecule has 82 valence electrons. The molecule has 1 unspecified atom stereocenters. The van der Waals surface area contributed by atoms with Crippen LogP contribution in [0.1, 0.15) is 46.0 Å². The number of rotatable bonds is 7. The minimum Gasteiger partial charge on any atom is -0.333 e. The largest absolute Gasteiger partial charge is 0.333 e. The third kappa shape index (κ3) is 11.9. The van der Waals surface area contributed by atoms with Crippen LogP contribution in [0.5, 0.6) is 0 Å². The molecule has 0 fully saturated rings. The van der Waals surface area contributed by atoms with Crippen molar-refractivity contribution >= 4 is 0 Å². The van der Waals surface area contributed by atoms with Crippen LogP contribution >= 0.6 is 0 Å². The van der Waals surface area contributed by atoms with Gasteiger partial charge in [-0.3, -0.25) is 0 Å². The lowest BCUT2D eigenvalue weighted by atomic mass is 9.96. The van der Waals surface area contributed by atoms with Gasteiger partial charge in [0.05, 0.1) is 0 Å². The molecule has 0 saturated carbocycles. The second kappa shape index (κ2) is 14.4. The van der Waals surface area contributed by atoms with Crippen molar-refractivity contribution in [1.29, 1.82) is 0 Å². The molecular weight excluding hydrogens is 160 g/mol. The molecule has 0 saturated heterocycles. The third-order valence-corrected chi connectivity index (χ3v) is 2.35. The van der Waals surface area contributed by atoms with E-state index in [9.17, 15) is 0 Å². The fourth-order valence-corrected chi connectivity index (χ4v) is 1.39. The molecule has 13 heavy (non-hydrogen) atoms. The molecule has 0 rings (SSSR count). The SMILES string of the molecule is CCCCC(CC)CCNC.CN. The highest BCUT2D eigenvalue weighted by atomic mass is 14.8. The molecule has 0 aliphatic carbocycles. The normalized spacial score (nSPS) is 11.8. The van der Waals surface area contributed by atoms with Crippen molar-refractivity contribution in [2.75, 3.05) is 20.6 Å². The van der Waals surface area contributed by atoms with Gasteiger partial charge in [0.2, 0.25) is 0 Å². The summed E-state index contributed by atoms with van der Waals surface area (Å²) in [7, 11) is 3.53. The molecule has 0 aromatic heterocycles. The van der Waals surface area contributed by atoms with Gasteiger partial charge in [-0.25, -0.2) is 0 Å². The van der Waals surface area contributed by atoms with Gasteiger partial charge in [-0.1, -0.05) is 39.5 Å². The Morgan fingerprint density at radius 2 is 1.77 bits per heavy atom. The van der Waals surface area contributed by atoms with Gasteiger partial charge in [-0.05, 0) is 33.0 Å². The molecule has 0 radical (unpaired) electrons. The number of nitrogens with two attached hydrogens (primary N) is 1. The first-order chi connectivity index (χ1) is 6.35. The molecule has 0 bridgehead atoms. The highest BCUT2D eigenvalue weighted by Crippen LogP contribution is 2.15. The van der Waals surface area contributed by atoms with Gasteiger partial charge in [-0.15, -0.1) is 0 Å². The molecule has 3 N–H and O–H groups in total. The smallest absolute Gasteiger partial charge is 0.00493 e. The third-order valence-electron chi connectivity index (χ3n) is 2.35. The predicted molar refractivity (Wildman–Crippen MR) is 62.0 cm³/mol. The maximum absolute atomic E-state index is 4.50. The van der Waals surface area contributed by atoms with E-state index in [1.165, 1.54) is 45.7 Å². The molecule has 0 aromatic carbocycles. The van der Waals surface area contributed by atoms with Crippen LogP contribution < -0.4 is 11.1 Å². The molecule has 1 atom stereocenters. The number of nitrogens with one attached hydrogen (secondary N) is 1. The molecule has 2 nitrogen and oxygen atoms in total. The quantitative estimate of drug-likeness (QED) is 0.644. The van der Waals surface area contributed by atoms with E-state index in [1.807, 2.05) is 7.05 Å². The van der Waals surface area contributed by atoms with Crippen molar-refractivity contribution in [1.82, 2.24) is 5.32 Å². The summed E-state index contributed by atoms with van der Waals surface area (Å²) in [5, 5.41) is 3.21. The molecule has 0 aliphatic rings. The molecule has 0 aromatic rings. The fraction of sp³-hybridized carbons (Fsp3) is 1.00. The predicted octanol–water partition coefficient (Wildman–Crippen LogP) is 2.39. The maximum atomic E-state index is 4.50. The van der Waals surface area contributed by atoms with Crippen molar-refractivity contribution in [3.05, 3.63) is 0 Å². The number of hydrogen-bond acceptors (Lipinski definition) is 2. The lowest BCUT2D eigenvalue weighted by Gasteiger charge is -2.13. The first kappa shape index (κ1) is 15.4. The van der Waals surface area contributed by atoms with Crippen LogP contribution in [0.25, 0.3) is 0 Å². The summed E-state index contributed by atoms with van der Waals surface area (Å²) in [6.07, 6.45) is 6.88. The van der Waals surface area contributed by atoms with E-state index < -0.39 is 0 Å². The van der Waals surface area contributed by atoms with Gasteiger partial charge in [0.1, 0.15) is 0 Å². The zero-order valence-corrected chi connectivity index (χ0v) is 9.90. The summed E-state index contributed by atoms with van der Waals surface area (Å²) >= 11 is 0. The second-order valence-corrected chi connectivity index (χ2v) is 3.31. The van der Waals surface area contributed by atoms with E-state index in [0.717, 1.165) is 5.92 Å². The minimum atomic E-state index is 0.961. The van der Waals surface area contributed by atoms with E-state index in [4.69, 9.17) is 0 Å². The average molecular weight is 188 g/mol. The molecule has 0 amide bonds. The Labute approximate surface area is 84.3 Å². The Kier molecular flexibility index (Phi) is 17.1. The van der Waals surface area contributed by atoms with Crippen molar-refractivity contribution in [3.8, 4) is 0 Å². The van der Waals surface area contributed by atoms with Crippen LogP contribution in [0, 0.1) is 5.92 Å². The van der Waals surface area contributed by atoms with Gasteiger partial charge < -0.3 is 11.1 Å². The van der Waals surface area contributed by atoms with E-state index in [2.05, 4.69) is 24.9 Å². The van der Waals surface area contributed by atoms with Crippen molar-refractivity contribution in [2.45, 2.75) is 46.0 Å². The van der Waals surface area contributed by atoms with Crippen molar-refractivity contribution in [3.63, 3.8) is 0 Å². The topological polar surface area (TPSA) is 38.0 Å². The first-order valence-corrected chi connectivity index (χ1v) is 5.57. The first-order valence-electron chi connectivity index (χ1n) is 5.57. The minimum absolute atomic E-state index is 0.961. The highest BCUT2D eigenvalue weighted by molar-refractivity contribution is 4.58. The van der Waals surface area contributed by atoms with Crippen LogP contribution in [0.4, 0.5) is 0 Å². The summed E-state index contributed by atoms with van der Waals surface area (Å²) in [6, 6.07) is 0. The average Bonchev–Trinajstić information content (AvgIpc) is 2.21. The lowest BCUT2D eigenvalue weighted by Crippen LogP contribution is -2.12. The highest BCUT2D eigenvalue weighted by Gasteiger charge is 2.03. The molecule has 0 spiro atoms. The van der Waals surface area contributed by atoms with Gasteiger partial charge in [0.15, 0.2) is 0 Å².